The van der Waals surface area contributed by atoms with Gasteiger partial charge >= 0.3 is 12.2 Å². The van der Waals surface area contributed by atoms with Crippen LogP contribution in [0.3, 0.4) is 0 Å². The Morgan fingerprint density at radius 3 is 2.33 bits per heavy atom. The van der Waals surface area contributed by atoms with Crippen LogP contribution in [0.15, 0.2) is 53.9 Å². The second kappa shape index (κ2) is 14.1. The number of rotatable bonds is 12. The molecule has 1 N–H and O–H groups in total. The molecule has 0 radical (unpaired) electrons. The van der Waals surface area contributed by atoms with Gasteiger partial charge in [-0.2, -0.15) is 13.2 Å². The van der Waals surface area contributed by atoms with E-state index in [1.807, 2.05) is 37.4 Å². The average molecular weight is 578 g/mol. The average Bonchev–Trinajstić information content (AvgIpc) is 3.34. The molecular formula is C29H34F3N3O4S. The Balaban J connectivity index is 1.79. The molecule has 0 bridgehead atoms. The lowest BCUT2D eigenvalue weighted by Gasteiger charge is -2.28. The first-order valence-electron chi connectivity index (χ1n) is 12.8. The van der Waals surface area contributed by atoms with Crippen LogP contribution in [0.4, 0.5) is 23.7 Å². The number of halogens is 3. The van der Waals surface area contributed by atoms with Gasteiger partial charge in [0.05, 0.1) is 32.0 Å². The first-order chi connectivity index (χ1) is 19.1. The molecule has 0 aliphatic carbocycles. The molecule has 216 valence electrons. The van der Waals surface area contributed by atoms with E-state index in [9.17, 15) is 22.8 Å². The largest absolute Gasteiger partial charge is 0.493 e. The zero-order chi connectivity index (χ0) is 29.3. The van der Waals surface area contributed by atoms with Crippen molar-refractivity contribution in [3.63, 3.8) is 0 Å². The molecule has 0 unspecified atom stereocenters. The minimum Gasteiger partial charge on any atom is -0.493 e. The number of alkyl halides is 3. The van der Waals surface area contributed by atoms with E-state index in [0.717, 1.165) is 22.1 Å². The SMILES string of the molecule is CCCN(CC(=O)N(CCc1ccc(OC)c(OC)c1)Cc1sccc1C)C(=O)Nc1ccccc1C(F)(F)F. The third kappa shape index (κ3) is 8.14. The van der Waals surface area contributed by atoms with Crippen molar-refractivity contribution in [1.82, 2.24) is 9.80 Å². The molecule has 1 heterocycles. The third-order valence-electron chi connectivity index (χ3n) is 6.35. The quantitative estimate of drug-likeness (QED) is 0.263. The summed E-state index contributed by atoms with van der Waals surface area (Å²) in [6, 6.07) is 11.5. The molecule has 11 heteroatoms. The first-order valence-corrected chi connectivity index (χ1v) is 13.7. The van der Waals surface area contributed by atoms with Crippen LogP contribution in [-0.2, 0) is 23.9 Å². The number of benzene rings is 2. The number of nitrogens with zero attached hydrogens (tertiary/aromatic N) is 2. The highest BCUT2D eigenvalue weighted by atomic mass is 32.1. The van der Waals surface area contributed by atoms with E-state index in [1.165, 1.54) is 34.4 Å². The van der Waals surface area contributed by atoms with Gasteiger partial charge in [0.15, 0.2) is 11.5 Å². The number of ether oxygens (including phenoxy) is 2. The number of carbonyl (C=O) groups excluding carboxylic acids is 2. The van der Waals surface area contributed by atoms with Crippen LogP contribution in [0.1, 0.15) is 34.9 Å². The molecule has 40 heavy (non-hydrogen) atoms. The van der Waals surface area contributed by atoms with Crippen molar-refractivity contribution < 1.29 is 32.2 Å². The summed E-state index contributed by atoms with van der Waals surface area (Å²) in [5.41, 5.74) is 0.690. The van der Waals surface area contributed by atoms with Crippen LogP contribution in [0.2, 0.25) is 0 Å². The van der Waals surface area contributed by atoms with Gasteiger partial charge in [-0.15, -0.1) is 11.3 Å². The van der Waals surface area contributed by atoms with Crippen LogP contribution >= 0.6 is 11.3 Å². The fraction of sp³-hybridized carbons (Fsp3) is 0.379. The fourth-order valence-corrected chi connectivity index (χ4v) is 5.07. The summed E-state index contributed by atoms with van der Waals surface area (Å²) < 4.78 is 51.0. The van der Waals surface area contributed by atoms with Crippen LogP contribution in [0.25, 0.3) is 0 Å². The Labute approximate surface area is 236 Å². The van der Waals surface area contributed by atoms with E-state index in [0.29, 0.717) is 37.4 Å². The summed E-state index contributed by atoms with van der Waals surface area (Å²) >= 11 is 1.54. The van der Waals surface area contributed by atoms with Crippen molar-refractivity contribution in [2.75, 3.05) is 39.2 Å². The smallest absolute Gasteiger partial charge is 0.418 e. The Hall–Kier alpha value is -3.73. The second-order valence-corrected chi connectivity index (χ2v) is 10.2. The van der Waals surface area contributed by atoms with Gasteiger partial charge in [0.1, 0.15) is 6.54 Å². The Bertz CT molecular complexity index is 1300. The highest BCUT2D eigenvalue weighted by molar-refractivity contribution is 7.10. The molecule has 0 aliphatic rings. The van der Waals surface area contributed by atoms with Gasteiger partial charge < -0.3 is 24.6 Å². The van der Waals surface area contributed by atoms with Crippen molar-refractivity contribution in [1.29, 1.82) is 0 Å². The summed E-state index contributed by atoms with van der Waals surface area (Å²) in [4.78, 5) is 30.6. The minimum absolute atomic E-state index is 0.202. The lowest BCUT2D eigenvalue weighted by atomic mass is 10.1. The van der Waals surface area contributed by atoms with Crippen LogP contribution in [0.5, 0.6) is 11.5 Å². The highest BCUT2D eigenvalue weighted by Gasteiger charge is 2.34. The maximum atomic E-state index is 13.6. The van der Waals surface area contributed by atoms with Gasteiger partial charge in [-0.05, 0) is 66.6 Å². The normalized spacial score (nSPS) is 11.2. The molecule has 0 saturated heterocycles. The van der Waals surface area contributed by atoms with Crippen molar-refractivity contribution >= 4 is 29.0 Å². The van der Waals surface area contributed by atoms with Gasteiger partial charge in [-0.3, -0.25) is 4.79 Å². The summed E-state index contributed by atoms with van der Waals surface area (Å²) in [6.07, 6.45) is -3.58. The van der Waals surface area contributed by atoms with Crippen LogP contribution in [0, 0.1) is 6.92 Å². The molecule has 3 rings (SSSR count). The number of thiophene rings is 1. The number of amides is 3. The zero-order valence-corrected chi connectivity index (χ0v) is 23.8. The lowest BCUT2D eigenvalue weighted by molar-refractivity contribution is -0.137. The molecule has 1 aromatic heterocycles. The monoisotopic (exact) mass is 577 g/mol. The van der Waals surface area contributed by atoms with Crippen molar-refractivity contribution in [2.45, 2.75) is 39.4 Å². The molecule has 2 aromatic carbocycles. The first kappa shape index (κ1) is 30.8. The molecule has 0 atom stereocenters. The molecule has 3 aromatic rings. The molecule has 7 nitrogen and oxygen atoms in total. The van der Waals surface area contributed by atoms with E-state index in [2.05, 4.69) is 5.32 Å². The number of anilines is 1. The Kier molecular flexibility index (Phi) is 10.8. The fourth-order valence-electron chi connectivity index (χ4n) is 4.15. The second-order valence-electron chi connectivity index (χ2n) is 9.18. The van der Waals surface area contributed by atoms with Gasteiger partial charge in [0.25, 0.3) is 0 Å². The van der Waals surface area contributed by atoms with Crippen molar-refractivity contribution in [3.8, 4) is 11.5 Å². The van der Waals surface area contributed by atoms with E-state index in [1.54, 1.807) is 25.2 Å². The highest BCUT2D eigenvalue weighted by Crippen LogP contribution is 2.34. The number of nitrogens with one attached hydrogen (secondary N) is 1. The maximum absolute atomic E-state index is 13.6. The van der Waals surface area contributed by atoms with Gasteiger partial charge in [-0.25, -0.2) is 4.79 Å². The number of hydrogen-bond acceptors (Lipinski definition) is 5. The Morgan fingerprint density at radius 1 is 0.975 bits per heavy atom. The standard InChI is InChI=1S/C29H34F3N3O4S/c1-5-14-35(28(37)33-23-9-7-6-8-22(23)29(30,31)32)19-27(36)34(18-26-20(2)13-16-40-26)15-12-21-10-11-24(38-3)25(17-21)39-4/h6-11,13,16-17H,5,12,14-15,18-19H2,1-4H3,(H,33,37). The summed E-state index contributed by atoms with van der Waals surface area (Å²) in [5, 5.41) is 4.31. The van der Waals surface area contributed by atoms with Crippen molar-refractivity contribution in [3.05, 3.63) is 75.5 Å². The third-order valence-corrected chi connectivity index (χ3v) is 7.36. The number of para-hydroxylation sites is 1. The number of carbonyl (C=O) groups is 2. The zero-order valence-electron chi connectivity index (χ0n) is 23.0. The van der Waals surface area contributed by atoms with E-state index >= 15 is 0 Å². The minimum atomic E-state index is -4.63. The Morgan fingerprint density at radius 2 is 1.70 bits per heavy atom. The molecule has 0 fully saturated rings. The van der Waals surface area contributed by atoms with Crippen LogP contribution in [-0.4, -0.2) is 55.6 Å². The predicted octanol–water partition coefficient (Wildman–Crippen LogP) is 6.61. The number of aryl methyl sites for hydroxylation is 1. The topological polar surface area (TPSA) is 71.1 Å². The number of hydrogen-bond donors (Lipinski definition) is 1. The molecular weight excluding hydrogens is 543 g/mol. The van der Waals surface area contributed by atoms with Crippen molar-refractivity contribution in [2.24, 2.45) is 0 Å². The summed E-state index contributed by atoms with van der Waals surface area (Å²) in [5.74, 6) is 0.875. The molecule has 0 aliphatic heterocycles. The van der Waals surface area contributed by atoms with Gasteiger partial charge in [-0.1, -0.05) is 25.1 Å². The molecule has 0 saturated carbocycles. The number of urea groups is 1. The molecule has 0 spiro atoms. The number of methoxy groups -OCH3 is 2. The van der Waals surface area contributed by atoms with E-state index < -0.39 is 17.8 Å². The summed E-state index contributed by atoms with van der Waals surface area (Å²) in [6.45, 7) is 4.45. The van der Waals surface area contributed by atoms with Crippen LogP contribution < -0.4 is 14.8 Å². The lowest BCUT2D eigenvalue weighted by Crippen LogP contribution is -2.45. The van der Waals surface area contributed by atoms with E-state index in [4.69, 9.17) is 9.47 Å². The van der Waals surface area contributed by atoms with E-state index in [-0.39, 0.29) is 24.7 Å². The summed E-state index contributed by atoms with van der Waals surface area (Å²) in [7, 11) is 3.11. The van der Waals surface area contributed by atoms with Gasteiger partial charge in [0, 0.05) is 18.0 Å². The maximum Gasteiger partial charge on any atom is 0.418 e. The van der Waals surface area contributed by atoms with Gasteiger partial charge in [0.2, 0.25) is 5.91 Å². The predicted molar refractivity (Wildman–Crippen MR) is 150 cm³/mol. The molecule has 3 amide bonds.